The van der Waals surface area contributed by atoms with Gasteiger partial charge in [-0.1, -0.05) is 164 Å². The van der Waals surface area contributed by atoms with Gasteiger partial charge in [0.15, 0.2) is 5.82 Å². The summed E-state index contributed by atoms with van der Waals surface area (Å²) in [6.07, 6.45) is 0. The summed E-state index contributed by atoms with van der Waals surface area (Å²) in [4.78, 5) is 10.4. The lowest BCUT2D eigenvalue weighted by Gasteiger charge is -2.15. The molecule has 3 heteroatoms. The number of benzene rings is 9. The van der Waals surface area contributed by atoms with Crippen LogP contribution in [0.15, 0.2) is 199 Å². The van der Waals surface area contributed by atoms with Gasteiger partial charge in [0, 0.05) is 33.0 Å². The van der Waals surface area contributed by atoms with Gasteiger partial charge in [-0.25, -0.2) is 9.97 Å². The van der Waals surface area contributed by atoms with Crippen LogP contribution in [-0.2, 0) is 0 Å². The van der Waals surface area contributed by atoms with E-state index in [2.05, 4.69) is 164 Å². The number of furan rings is 1. The zero-order valence-electron chi connectivity index (χ0n) is 29.8. The van der Waals surface area contributed by atoms with Gasteiger partial charge in [-0.15, -0.1) is 0 Å². The molecule has 0 fully saturated rings. The number of aromatic nitrogens is 2. The summed E-state index contributed by atoms with van der Waals surface area (Å²) in [6.45, 7) is 0. The van der Waals surface area contributed by atoms with Crippen LogP contribution in [0.2, 0.25) is 0 Å². The Hall–Kier alpha value is -7.36. The Balaban J connectivity index is 1.09. The second-order valence-corrected chi connectivity index (χ2v) is 14.1. The molecule has 0 bridgehead atoms. The van der Waals surface area contributed by atoms with Crippen LogP contribution in [0.1, 0.15) is 0 Å². The van der Waals surface area contributed by atoms with Crippen molar-refractivity contribution in [3.8, 4) is 56.2 Å². The fraction of sp³-hybridized carbons (Fsp3) is 0. The van der Waals surface area contributed by atoms with Crippen molar-refractivity contribution in [2.45, 2.75) is 0 Å². The van der Waals surface area contributed by atoms with Gasteiger partial charge in [0.25, 0.3) is 0 Å². The van der Waals surface area contributed by atoms with E-state index >= 15 is 0 Å². The SMILES string of the molecule is c1ccc(-c2nc(-c3cccc(-c4c5ccccc5cc5c4ccc4ccccc45)c3)cc(-c3cccc(-c4cccc5c4oc4ccccc45)c3)n2)cc1. The predicted octanol–water partition coefficient (Wildman–Crippen LogP) is 14.2. The first-order valence-electron chi connectivity index (χ1n) is 18.6. The van der Waals surface area contributed by atoms with Crippen LogP contribution in [-0.4, -0.2) is 9.97 Å². The Morgan fingerprint density at radius 2 is 0.927 bits per heavy atom. The minimum atomic E-state index is 0.686. The molecule has 0 radical (unpaired) electrons. The van der Waals surface area contributed by atoms with E-state index in [-0.39, 0.29) is 0 Å². The number of fused-ring (bicyclic) bond motifs is 7. The highest BCUT2D eigenvalue weighted by Crippen LogP contribution is 2.41. The van der Waals surface area contributed by atoms with Crippen LogP contribution < -0.4 is 0 Å². The zero-order chi connectivity index (χ0) is 36.3. The second kappa shape index (κ2) is 12.6. The Morgan fingerprint density at radius 3 is 1.75 bits per heavy atom. The molecule has 256 valence electrons. The van der Waals surface area contributed by atoms with Crippen molar-refractivity contribution in [2.75, 3.05) is 0 Å². The van der Waals surface area contributed by atoms with Crippen LogP contribution in [0.5, 0.6) is 0 Å². The van der Waals surface area contributed by atoms with E-state index in [1.165, 1.54) is 37.9 Å². The largest absolute Gasteiger partial charge is 0.455 e. The first-order chi connectivity index (χ1) is 27.2. The number of nitrogens with zero attached hydrogens (tertiary/aromatic N) is 2. The van der Waals surface area contributed by atoms with Crippen molar-refractivity contribution < 1.29 is 4.42 Å². The standard InChI is InChI=1S/C52H32N2O/c1-2-14-34(15-3-1)52-53-47(37-18-10-17-35(29-37)42-24-12-25-45-43-23-8-9-26-49(43)55-51(42)45)32-48(54-52)38-19-11-20-39(30-38)50-41-22-7-5-16-36(41)31-46-40-21-6-4-13-33(40)27-28-44(46)50/h1-32H. The number of rotatable bonds is 5. The Kier molecular flexibility index (Phi) is 7.17. The lowest BCUT2D eigenvalue weighted by atomic mass is 9.89. The maximum atomic E-state index is 6.43. The summed E-state index contributed by atoms with van der Waals surface area (Å²) in [5.41, 5.74) is 11.0. The van der Waals surface area contributed by atoms with Crippen LogP contribution in [0.4, 0.5) is 0 Å². The lowest BCUT2D eigenvalue weighted by molar-refractivity contribution is 0.670. The first kappa shape index (κ1) is 31.2. The van der Waals surface area contributed by atoms with Crippen molar-refractivity contribution in [3.05, 3.63) is 194 Å². The molecular weight excluding hydrogens is 669 g/mol. The molecule has 11 rings (SSSR count). The van der Waals surface area contributed by atoms with E-state index in [4.69, 9.17) is 14.4 Å². The van der Waals surface area contributed by atoms with Crippen molar-refractivity contribution in [2.24, 2.45) is 0 Å². The summed E-state index contributed by atoms with van der Waals surface area (Å²) >= 11 is 0. The average molecular weight is 701 g/mol. The highest BCUT2D eigenvalue weighted by Gasteiger charge is 2.17. The quantitative estimate of drug-likeness (QED) is 0.133. The van der Waals surface area contributed by atoms with Gasteiger partial charge >= 0.3 is 0 Å². The molecule has 0 aliphatic rings. The van der Waals surface area contributed by atoms with Crippen LogP contribution in [0.3, 0.4) is 0 Å². The third-order valence-corrected chi connectivity index (χ3v) is 10.8. The van der Waals surface area contributed by atoms with Gasteiger partial charge in [0.2, 0.25) is 0 Å². The van der Waals surface area contributed by atoms with E-state index in [1.807, 2.05) is 30.3 Å². The highest BCUT2D eigenvalue weighted by molar-refractivity contribution is 6.20. The highest BCUT2D eigenvalue weighted by atomic mass is 16.3. The average Bonchev–Trinajstić information content (AvgIpc) is 3.65. The Morgan fingerprint density at radius 1 is 0.327 bits per heavy atom. The van der Waals surface area contributed by atoms with Gasteiger partial charge in [-0.3, -0.25) is 0 Å². The number of hydrogen-bond donors (Lipinski definition) is 0. The molecule has 0 amide bonds. The molecule has 0 aliphatic heterocycles. The molecule has 3 nitrogen and oxygen atoms in total. The summed E-state index contributed by atoms with van der Waals surface area (Å²) < 4.78 is 6.43. The molecule has 0 N–H and O–H groups in total. The van der Waals surface area contributed by atoms with Gasteiger partial charge in [-0.2, -0.15) is 0 Å². The molecule has 55 heavy (non-hydrogen) atoms. The van der Waals surface area contributed by atoms with Gasteiger partial charge < -0.3 is 4.42 Å². The second-order valence-electron chi connectivity index (χ2n) is 14.1. The molecule has 0 spiro atoms. The molecule has 11 aromatic rings. The molecule has 0 saturated carbocycles. The van der Waals surface area contributed by atoms with Crippen molar-refractivity contribution in [1.29, 1.82) is 0 Å². The topological polar surface area (TPSA) is 38.9 Å². The fourth-order valence-electron chi connectivity index (χ4n) is 8.25. The minimum absolute atomic E-state index is 0.686. The Bertz CT molecular complexity index is 3270. The van der Waals surface area contributed by atoms with E-state index in [1.54, 1.807) is 0 Å². The van der Waals surface area contributed by atoms with Crippen LogP contribution >= 0.6 is 0 Å². The monoisotopic (exact) mass is 700 g/mol. The van der Waals surface area contributed by atoms with E-state index in [0.717, 1.165) is 66.7 Å². The molecule has 2 heterocycles. The van der Waals surface area contributed by atoms with Gasteiger partial charge in [0.1, 0.15) is 11.2 Å². The molecule has 2 aromatic heterocycles. The van der Waals surface area contributed by atoms with Crippen LogP contribution in [0, 0.1) is 0 Å². The molecule has 0 unspecified atom stereocenters. The van der Waals surface area contributed by atoms with Crippen LogP contribution in [0.25, 0.3) is 110 Å². The predicted molar refractivity (Wildman–Crippen MR) is 229 cm³/mol. The minimum Gasteiger partial charge on any atom is -0.455 e. The first-order valence-corrected chi connectivity index (χ1v) is 18.6. The van der Waals surface area contributed by atoms with E-state index in [0.29, 0.717) is 5.82 Å². The third-order valence-electron chi connectivity index (χ3n) is 10.8. The van der Waals surface area contributed by atoms with Gasteiger partial charge in [0.05, 0.1) is 11.4 Å². The third kappa shape index (κ3) is 5.28. The molecule has 9 aromatic carbocycles. The molecule has 0 saturated heterocycles. The normalized spacial score (nSPS) is 11.6. The van der Waals surface area contributed by atoms with Crippen molar-refractivity contribution in [3.63, 3.8) is 0 Å². The fourth-order valence-corrected chi connectivity index (χ4v) is 8.25. The van der Waals surface area contributed by atoms with E-state index < -0.39 is 0 Å². The summed E-state index contributed by atoms with van der Waals surface area (Å²) in [7, 11) is 0. The maximum Gasteiger partial charge on any atom is 0.160 e. The van der Waals surface area contributed by atoms with Crippen molar-refractivity contribution >= 4 is 54.3 Å². The Labute approximate surface area is 317 Å². The summed E-state index contributed by atoms with van der Waals surface area (Å²) in [5, 5.41) is 9.68. The molecule has 0 aliphatic carbocycles. The maximum absolute atomic E-state index is 6.43. The zero-order valence-corrected chi connectivity index (χ0v) is 29.8. The molecular formula is C52H32N2O. The smallest absolute Gasteiger partial charge is 0.160 e. The number of hydrogen-bond acceptors (Lipinski definition) is 3. The molecule has 0 atom stereocenters. The summed E-state index contributed by atoms with van der Waals surface area (Å²) in [6, 6.07) is 68.6. The summed E-state index contributed by atoms with van der Waals surface area (Å²) in [5.74, 6) is 0.686. The van der Waals surface area contributed by atoms with Gasteiger partial charge in [-0.05, 0) is 79.3 Å². The lowest BCUT2D eigenvalue weighted by Crippen LogP contribution is -1.96. The number of para-hydroxylation sites is 2. The van der Waals surface area contributed by atoms with Crippen molar-refractivity contribution in [1.82, 2.24) is 9.97 Å². The van der Waals surface area contributed by atoms with E-state index in [9.17, 15) is 0 Å².